The van der Waals surface area contributed by atoms with Crippen LogP contribution in [0.15, 0.2) is 12.3 Å². The highest BCUT2D eigenvalue weighted by Crippen LogP contribution is 2.17. The molecule has 2 heterocycles. The van der Waals surface area contributed by atoms with Gasteiger partial charge in [-0.2, -0.15) is 0 Å². The molecule has 0 aliphatic heterocycles. The lowest BCUT2D eigenvalue weighted by Gasteiger charge is -2.07. The molecular weight excluding hydrogens is 283 g/mol. The van der Waals surface area contributed by atoms with Gasteiger partial charge in [0.25, 0.3) is 0 Å². The van der Waals surface area contributed by atoms with Gasteiger partial charge in [0.15, 0.2) is 14.7 Å². The van der Waals surface area contributed by atoms with Gasteiger partial charge in [-0.05, 0) is 6.07 Å². The average Bonchev–Trinajstić information content (AvgIpc) is 2.80. The number of pyridine rings is 1. The van der Waals surface area contributed by atoms with E-state index in [4.69, 9.17) is 14.8 Å². The Bertz CT molecular complexity index is 616. The molecule has 0 saturated carbocycles. The number of hydrogen-bond acceptors (Lipinski definition) is 6. The van der Waals surface area contributed by atoms with E-state index in [0.717, 1.165) is 0 Å². The minimum atomic E-state index is -0.566. The SMILES string of the molecule is COPOCCn1c(CO)nc2cc(C(N)=O)cnc21. The number of primary amides is 1. The number of aliphatic hydroxyl groups excluding tert-OH is 1. The van der Waals surface area contributed by atoms with E-state index in [0.29, 0.717) is 30.1 Å². The van der Waals surface area contributed by atoms with Gasteiger partial charge in [0.05, 0.1) is 12.2 Å². The molecule has 0 saturated heterocycles. The lowest BCUT2D eigenvalue weighted by atomic mass is 10.2. The topological polar surface area (TPSA) is 112 Å². The molecule has 0 bridgehead atoms. The maximum absolute atomic E-state index is 11.1. The van der Waals surface area contributed by atoms with E-state index in [-0.39, 0.29) is 21.2 Å². The summed E-state index contributed by atoms with van der Waals surface area (Å²) in [5.41, 5.74) is 6.57. The zero-order chi connectivity index (χ0) is 14.5. The van der Waals surface area contributed by atoms with Crippen molar-refractivity contribution in [2.24, 2.45) is 5.73 Å². The smallest absolute Gasteiger partial charge is 0.250 e. The normalized spacial score (nSPS) is 11.7. The van der Waals surface area contributed by atoms with Crippen LogP contribution in [0.4, 0.5) is 0 Å². The Morgan fingerprint density at radius 1 is 1.60 bits per heavy atom. The molecular formula is C11H15N4O4P. The van der Waals surface area contributed by atoms with Gasteiger partial charge in [0.2, 0.25) is 5.91 Å². The first-order valence-corrected chi connectivity index (χ1v) is 6.64. The number of nitrogens with two attached hydrogens (primary N) is 1. The standard InChI is InChI=1S/C11H15N4O4P/c1-18-20-19-3-2-15-9(6-16)14-8-4-7(10(12)17)5-13-11(8)15/h4-5,16,20H,2-3,6H2,1H3,(H2,12,17). The van der Waals surface area contributed by atoms with E-state index in [2.05, 4.69) is 9.97 Å². The van der Waals surface area contributed by atoms with Crippen molar-refractivity contribution in [3.05, 3.63) is 23.7 Å². The predicted octanol–water partition coefficient (Wildman–Crippen LogP) is 0.194. The van der Waals surface area contributed by atoms with Crippen molar-refractivity contribution >= 4 is 26.1 Å². The second-order valence-electron chi connectivity index (χ2n) is 3.90. The zero-order valence-corrected chi connectivity index (χ0v) is 11.9. The van der Waals surface area contributed by atoms with Crippen molar-refractivity contribution in [2.75, 3.05) is 13.7 Å². The third-order valence-electron chi connectivity index (χ3n) is 2.65. The van der Waals surface area contributed by atoms with Gasteiger partial charge in [-0.25, -0.2) is 9.97 Å². The first-order chi connectivity index (χ1) is 9.67. The van der Waals surface area contributed by atoms with Crippen LogP contribution in [0.2, 0.25) is 0 Å². The molecule has 2 aromatic rings. The largest absolute Gasteiger partial charge is 0.388 e. The minimum Gasteiger partial charge on any atom is -0.388 e. The Labute approximate surface area is 116 Å². The maximum atomic E-state index is 11.1. The number of nitrogens with zero attached hydrogens (tertiary/aromatic N) is 3. The van der Waals surface area contributed by atoms with Crippen LogP contribution in [-0.4, -0.2) is 39.3 Å². The summed E-state index contributed by atoms with van der Waals surface area (Å²) in [6, 6.07) is 1.55. The summed E-state index contributed by atoms with van der Waals surface area (Å²) in [7, 11) is 1.52. The second-order valence-corrected chi connectivity index (χ2v) is 4.77. The van der Waals surface area contributed by atoms with Crippen LogP contribution in [0.3, 0.4) is 0 Å². The fraction of sp³-hybridized carbons (Fsp3) is 0.364. The van der Waals surface area contributed by atoms with Gasteiger partial charge in [-0.15, -0.1) is 0 Å². The molecule has 0 aliphatic rings. The lowest BCUT2D eigenvalue weighted by molar-refractivity contribution is 0.1000. The molecule has 2 rings (SSSR count). The molecule has 0 aromatic carbocycles. The van der Waals surface area contributed by atoms with Crippen molar-refractivity contribution in [2.45, 2.75) is 13.2 Å². The van der Waals surface area contributed by atoms with Gasteiger partial charge in [-0.3, -0.25) is 4.79 Å². The number of rotatable bonds is 7. The minimum absolute atomic E-state index is 0.0327. The van der Waals surface area contributed by atoms with Crippen LogP contribution in [0.25, 0.3) is 11.2 Å². The summed E-state index contributed by atoms with van der Waals surface area (Å²) in [6.45, 7) is 0.657. The van der Waals surface area contributed by atoms with E-state index >= 15 is 0 Å². The summed E-state index contributed by atoms with van der Waals surface area (Å²) in [4.78, 5) is 19.5. The Hall–Kier alpha value is -1.60. The van der Waals surface area contributed by atoms with E-state index in [1.165, 1.54) is 6.20 Å². The maximum Gasteiger partial charge on any atom is 0.250 e. The van der Waals surface area contributed by atoms with Crippen molar-refractivity contribution in [3.63, 3.8) is 0 Å². The van der Waals surface area contributed by atoms with Crippen molar-refractivity contribution in [3.8, 4) is 0 Å². The quantitative estimate of drug-likeness (QED) is 0.557. The molecule has 2 aromatic heterocycles. The molecule has 1 unspecified atom stereocenters. The summed E-state index contributed by atoms with van der Waals surface area (Å²) in [6.07, 6.45) is 1.39. The fourth-order valence-corrected chi connectivity index (χ4v) is 2.08. The Kier molecular flexibility index (Phi) is 4.97. The van der Waals surface area contributed by atoms with E-state index < -0.39 is 5.91 Å². The van der Waals surface area contributed by atoms with Gasteiger partial charge in [0.1, 0.15) is 17.9 Å². The Morgan fingerprint density at radius 2 is 2.40 bits per heavy atom. The van der Waals surface area contributed by atoms with Gasteiger partial charge >= 0.3 is 0 Å². The number of fused-ring (bicyclic) bond motifs is 1. The number of carbonyl (C=O) groups excluding carboxylic acids is 1. The fourth-order valence-electron chi connectivity index (χ4n) is 1.79. The monoisotopic (exact) mass is 298 g/mol. The Balaban J connectivity index is 2.29. The number of carbonyl (C=O) groups is 1. The molecule has 20 heavy (non-hydrogen) atoms. The van der Waals surface area contributed by atoms with E-state index in [1.807, 2.05) is 0 Å². The molecule has 3 N–H and O–H groups in total. The van der Waals surface area contributed by atoms with Crippen LogP contribution in [-0.2, 0) is 22.2 Å². The molecule has 0 aliphatic carbocycles. The van der Waals surface area contributed by atoms with Gasteiger partial charge in [0, 0.05) is 19.9 Å². The van der Waals surface area contributed by atoms with Crippen LogP contribution in [0, 0.1) is 0 Å². The summed E-state index contributed by atoms with van der Waals surface area (Å²) < 4.78 is 11.8. The number of hydrogen-bond donors (Lipinski definition) is 2. The zero-order valence-electron chi connectivity index (χ0n) is 10.9. The number of aliphatic hydroxyl groups is 1. The number of imidazole rings is 1. The van der Waals surface area contributed by atoms with Crippen molar-refractivity contribution in [1.82, 2.24) is 14.5 Å². The number of aromatic nitrogens is 3. The summed E-state index contributed by atoms with van der Waals surface area (Å²) >= 11 is 0. The molecule has 0 fully saturated rings. The van der Waals surface area contributed by atoms with Gasteiger partial charge in [-0.1, -0.05) is 0 Å². The van der Waals surface area contributed by atoms with Crippen LogP contribution in [0.5, 0.6) is 0 Å². The first kappa shape index (κ1) is 14.8. The van der Waals surface area contributed by atoms with Crippen molar-refractivity contribution < 1.29 is 18.9 Å². The predicted molar refractivity (Wildman–Crippen MR) is 73.2 cm³/mol. The Morgan fingerprint density at radius 3 is 3.05 bits per heavy atom. The highest BCUT2D eigenvalue weighted by atomic mass is 31.1. The highest BCUT2D eigenvalue weighted by Gasteiger charge is 2.13. The molecule has 1 amide bonds. The lowest BCUT2D eigenvalue weighted by Crippen LogP contribution is -2.11. The molecule has 8 nitrogen and oxygen atoms in total. The summed E-state index contributed by atoms with van der Waals surface area (Å²) in [5, 5.41) is 9.33. The molecule has 0 spiro atoms. The molecule has 108 valence electrons. The van der Waals surface area contributed by atoms with Crippen LogP contribution in [0.1, 0.15) is 16.2 Å². The molecule has 1 atom stereocenters. The second kappa shape index (κ2) is 6.71. The molecule has 9 heteroatoms. The van der Waals surface area contributed by atoms with Gasteiger partial charge < -0.3 is 24.5 Å². The highest BCUT2D eigenvalue weighted by molar-refractivity contribution is 7.26. The van der Waals surface area contributed by atoms with Crippen LogP contribution >= 0.6 is 9.03 Å². The summed E-state index contributed by atoms with van der Waals surface area (Å²) in [5.74, 6) is -0.109. The van der Waals surface area contributed by atoms with Crippen molar-refractivity contribution in [1.29, 1.82) is 0 Å². The number of amides is 1. The molecule has 0 radical (unpaired) electrons. The third kappa shape index (κ3) is 3.10. The average molecular weight is 298 g/mol. The van der Waals surface area contributed by atoms with E-state index in [9.17, 15) is 9.90 Å². The first-order valence-electron chi connectivity index (χ1n) is 5.83. The van der Waals surface area contributed by atoms with E-state index in [1.54, 1.807) is 17.7 Å². The third-order valence-corrected chi connectivity index (χ3v) is 3.14. The van der Waals surface area contributed by atoms with Crippen LogP contribution < -0.4 is 5.73 Å².